The fraction of sp³-hybridized carbons (Fsp3) is 0.391. The molecule has 6 heteroatoms. The first-order valence-corrected chi connectivity index (χ1v) is 11.0. The van der Waals surface area contributed by atoms with Crippen molar-refractivity contribution in [3.8, 4) is 0 Å². The minimum Gasteiger partial charge on any atom is -0.462 e. The van der Waals surface area contributed by atoms with Crippen LogP contribution in [0.5, 0.6) is 0 Å². The van der Waals surface area contributed by atoms with E-state index in [1.54, 1.807) is 6.92 Å². The van der Waals surface area contributed by atoms with E-state index >= 15 is 0 Å². The van der Waals surface area contributed by atoms with E-state index in [1.165, 1.54) is 11.3 Å². The standard InChI is InChI=1S/C23H24ClNO3S/c1-5-28-22(27)20-12(2)17-18(13-6-8-14(24)9-7-13)19-15(25-21(17)29-20)10-23(3,4)11-16(19)26/h6-9,18,25H,5,10-11H2,1-4H3/t18-/m0/s1. The molecule has 0 fully saturated rings. The number of ether oxygens (including phenoxy) is 1. The third-order valence-electron chi connectivity index (χ3n) is 5.62. The molecule has 1 aliphatic carbocycles. The maximum Gasteiger partial charge on any atom is 0.348 e. The lowest BCUT2D eigenvalue weighted by atomic mass is 9.69. The zero-order valence-corrected chi connectivity index (χ0v) is 18.6. The van der Waals surface area contributed by atoms with Crippen LogP contribution in [0.15, 0.2) is 35.5 Å². The second kappa shape index (κ2) is 7.29. The van der Waals surface area contributed by atoms with Crippen molar-refractivity contribution in [2.75, 3.05) is 11.9 Å². The van der Waals surface area contributed by atoms with Gasteiger partial charge in [-0.2, -0.15) is 0 Å². The third kappa shape index (κ3) is 3.51. The highest BCUT2D eigenvalue weighted by molar-refractivity contribution is 7.18. The van der Waals surface area contributed by atoms with Gasteiger partial charge in [0, 0.05) is 34.2 Å². The lowest BCUT2D eigenvalue weighted by Gasteiger charge is -2.38. The topological polar surface area (TPSA) is 55.4 Å². The first kappa shape index (κ1) is 20.2. The van der Waals surface area contributed by atoms with Crippen molar-refractivity contribution in [2.45, 2.75) is 46.5 Å². The van der Waals surface area contributed by atoms with Crippen molar-refractivity contribution in [1.29, 1.82) is 0 Å². The molecule has 0 radical (unpaired) electrons. The quantitative estimate of drug-likeness (QED) is 0.600. The molecule has 1 aromatic carbocycles. The normalized spacial score (nSPS) is 20.0. The molecule has 4 rings (SSSR count). The molecule has 4 nitrogen and oxygen atoms in total. The summed E-state index contributed by atoms with van der Waals surface area (Å²) >= 11 is 7.53. The van der Waals surface area contributed by atoms with Gasteiger partial charge in [0.25, 0.3) is 0 Å². The van der Waals surface area contributed by atoms with Crippen LogP contribution in [0, 0.1) is 12.3 Å². The van der Waals surface area contributed by atoms with E-state index in [0.717, 1.165) is 39.4 Å². The van der Waals surface area contributed by atoms with Gasteiger partial charge in [-0.15, -0.1) is 11.3 Å². The molecule has 1 atom stereocenters. The summed E-state index contributed by atoms with van der Waals surface area (Å²) in [6, 6.07) is 7.65. The van der Waals surface area contributed by atoms with E-state index in [9.17, 15) is 9.59 Å². The van der Waals surface area contributed by atoms with Crippen molar-refractivity contribution in [3.05, 3.63) is 62.1 Å². The number of hydrogen-bond acceptors (Lipinski definition) is 5. The number of allylic oxidation sites excluding steroid dienone is 2. The van der Waals surface area contributed by atoms with Crippen LogP contribution < -0.4 is 5.32 Å². The molecule has 1 aliphatic heterocycles. The smallest absolute Gasteiger partial charge is 0.348 e. The van der Waals surface area contributed by atoms with Gasteiger partial charge in [-0.05, 0) is 48.9 Å². The molecular weight excluding hydrogens is 406 g/mol. The van der Waals surface area contributed by atoms with Gasteiger partial charge >= 0.3 is 5.97 Å². The van der Waals surface area contributed by atoms with E-state index in [4.69, 9.17) is 16.3 Å². The third-order valence-corrected chi connectivity index (χ3v) is 7.07. The van der Waals surface area contributed by atoms with E-state index < -0.39 is 0 Å². The minimum absolute atomic E-state index is 0.0960. The highest BCUT2D eigenvalue weighted by Crippen LogP contribution is 2.53. The molecule has 1 N–H and O–H groups in total. The second-order valence-electron chi connectivity index (χ2n) is 8.46. The number of esters is 1. The van der Waals surface area contributed by atoms with E-state index in [-0.39, 0.29) is 23.1 Å². The highest BCUT2D eigenvalue weighted by Gasteiger charge is 2.42. The van der Waals surface area contributed by atoms with Gasteiger partial charge in [0.1, 0.15) is 4.88 Å². The fourth-order valence-corrected chi connectivity index (χ4v) is 5.70. The number of thiophene rings is 1. The number of benzene rings is 1. The summed E-state index contributed by atoms with van der Waals surface area (Å²) < 4.78 is 5.26. The number of halogens is 1. The second-order valence-corrected chi connectivity index (χ2v) is 9.92. The number of carbonyl (C=O) groups excluding carboxylic acids is 2. The average molecular weight is 430 g/mol. The molecule has 0 unspecified atom stereocenters. The number of nitrogens with one attached hydrogen (secondary N) is 1. The van der Waals surface area contributed by atoms with Crippen LogP contribution in [0.25, 0.3) is 0 Å². The van der Waals surface area contributed by atoms with Crippen molar-refractivity contribution < 1.29 is 14.3 Å². The fourth-order valence-electron chi connectivity index (χ4n) is 4.41. The zero-order valence-electron chi connectivity index (χ0n) is 17.0. The van der Waals surface area contributed by atoms with Gasteiger partial charge in [-0.3, -0.25) is 4.79 Å². The van der Waals surface area contributed by atoms with E-state index in [1.807, 2.05) is 31.2 Å². The van der Waals surface area contributed by atoms with Gasteiger partial charge in [-0.1, -0.05) is 37.6 Å². The number of fused-ring (bicyclic) bond motifs is 1. The molecular formula is C23H24ClNO3S. The summed E-state index contributed by atoms with van der Waals surface area (Å²) in [4.78, 5) is 26.4. The molecule has 0 bridgehead atoms. The zero-order chi connectivity index (χ0) is 20.9. The number of ketones is 1. The lowest BCUT2D eigenvalue weighted by Crippen LogP contribution is -2.33. The molecule has 0 saturated carbocycles. The van der Waals surface area contributed by atoms with Gasteiger partial charge < -0.3 is 10.1 Å². The Hall–Kier alpha value is -2.11. The van der Waals surface area contributed by atoms with E-state index in [2.05, 4.69) is 19.2 Å². The van der Waals surface area contributed by atoms with Gasteiger partial charge in [0.05, 0.1) is 11.6 Å². The molecule has 0 amide bonds. The van der Waals surface area contributed by atoms with Crippen LogP contribution in [0.1, 0.15) is 65.9 Å². The molecule has 2 aromatic rings. The van der Waals surface area contributed by atoms with Crippen LogP contribution >= 0.6 is 22.9 Å². The Labute approximate surface area is 179 Å². The number of Topliss-reactive ketones (excluding diaryl/α,β-unsaturated/α-hetero) is 1. The molecule has 29 heavy (non-hydrogen) atoms. The number of anilines is 1. The van der Waals surface area contributed by atoms with Gasteiger partial charge in [0.2, 0.25) is 0 Å². The summed E-state index contributed by atoms with van der Waals surface area (Å²) in [5.74, 6) is -0.357. The number of rotatable bonds is 3. The Bertz CT molecular complexity index is 1030. The van der Waals surface area contributed by atoms with Crippen LogP contribution in [0.2, 0.25) is 5.02 Å². The van der Waals surface area contributed by atoms with E-state index in [0.29, 0.717) is 22.9 Å². The molecule has 1 aromatic heterocycles. The monoisotopic (exact) mass is 429 g/mol. The lowest BCUT2D eigenvalue weighted by molar-refractivity contribution is -0.118. The summed E-state index contributed by atoms with van der Waals surface area (Å²) in [6.45, 7) is 8.31. The Kier molecular flexibility index (Phi) is 5.07. The molecule has 2 heterocycles. The van der Waals surface area contributed by atoms with Crippen molar-refractivity contribution in [1.82, 2.24) is 0 Å². The SMILES string of the molecule is CCOC(=O)c1sc2c(c1C)[C@H](c1ccc(Cl)cc1)C1=C(CC(C)(C)CC1=O)N2. The largest absolute Gasteiger partial charge is 0.462 e. The average Bonchev–Trinajstić information content (AvgIpc) is 2.96. The van der Waals surface area contributed by atoms with Crippen LogP contribution in [-0.4, -0.2) is 18.4 Å². The summed E-state index contributed by atoms with van der Waals surface area (Å²) in [7, 11) is 0. The predicted octanol–water partition coefficient (Wildman–Crippen LogP) is 6.09. The van der Waals surface area contributed by atoms with Crippen molar-refractivity contribution >= 4 is 39.7 Å². The number of carbonyl (C=O) groups is 2. The van der Waals surface area contributed by atoms with Crippen LogP contribution in [-0.2, 0) is 9.53 Å². The molecule has 152 valence electrons. The first-order chi connectivity index (χ1) is 13.7. The molecule has 0 spiro atoms. The Morgan fingerprint density at radius 2 is 1.97 bits per heavy atom. The minimum atomic E-state index is -0.314. The summed E-state index contributed by atoms with van der Waals surface area (Å²) in [5.41, 5.74) is 4.56. The molecule has 2 aliphatic rings. The maximum absolute atomic E-state index is 13.2. The van der Waals surface area contributed by atoms with Crippen molar-refractivity contribution in [3.63, 3.8) is 0 Å². The summed E-state index contributed by atoms with van der Waals surface area (Å²) in [6.07, 6.45) is 1.31. The summed E-state index contributed by atoms with van der Waals surface area (Å²) in [5, 5.41) is 5.08. The molecule has 0 saturated heterocycles. The van der Waals surface area contributed by atoms with Crippen molar-refractivity contribution in [2.24, 2.45) is 5.41 Å². The first-order valence-electron chi connectivity index (χ1n) is 9.81. The number of hydrogen-bond donors (Lipinski definition) is 1. The Morgan fingerprint density at radius 1 is 1.28 bits per heavy atom. The predicted molar refractivity (Wildman–Crippen MR) is 117 cm³/mol. The maximum atomic E-state index is 13.2. The Morgan fingerprint density at radius 3 is 2.62 bits per heavy atom. The van der Waals surface area contributed by atoms with Crippen LogP contribution in [0.3, 0.4) is 0 Å². The van der Waals surface area contributed by atoms with Crippen LogP contribution in [0.4, 0.5) is 5.00 Å². The van der Waals surface area contributed by atoms with Gasteiger partial charge in [0.15, 0.2) is 5.78 Å². The Balaban J connectivity index is 1.92. The highest BCUT2D eigenvalue weighted by atomic mass is 35.5. The van der Waals surface area contributed by atoms with Gasteiger partial charge in [-0.25, -0.2) is 4.79 Å².